The molecule has 0 saturated heterocycles. The topological polar surface area (TPSA) is 31.2 Å². The first-order chi connectivity index (χ1) is 7.74. The molecule has 0 spiro atoms. The van der Waals surface area contributed by atoms with Crippen molar-refractivity contribution in [1.29, 1.82) is 0 Å². The maximum atomic E-state index is 11.9. The molecule has 0 bridgehead atoms. The monoisotopic (exact) mass is 253 g/mol. The van der Waals surface area contributed by atoms with E-state index in [0.717, 1.165) is 10.2 Å². The lowest BCUT2D eigenvalue weighted by atomic mass is 10.3. The molecule has 0 aliphatic heterocycles. The van der Waals surface area contributed by atoms with Crippen LogP contribution in [0.2, 0.25) is 0 Å². The average Bonchev–Trinajstić information content (AvgIpc) is 2.62. The predicted molar refractivity (Wildman–Crippen MR) is 67.8 cm³/mol. The number of hydrogen-bond acceptors (Lipinski definition) is 4. The largest absolute Gasteiger partial charge is 0.372 e. The van der Waals surface area contributed by atoms with Gasteiger partial charge in [0.1, 0.15) is 6.61 Å². The highest BCUT2D eigenvalue weighted by Gasteiger charge is 2.11. The Hall–Kier alpha value is -1.04. The molecule has 84 valence electrons. The van der Waals surface area contributed by atoms with Gasteiger partial charge in [-0.2, -0.15) is 0 Å². The Morgan fingerprint density at radius 3 is 3.00 bits per heavy atom. The Morgan fingerprint density at radius 2 is 2.25 bits per heavy atom. The minimum atomic E-state index is -0.107. The van der Waals surface area contributed by atoms with Crippen molar-refractivity contribution in [3.05, 3.63) is 28.2 Å². The number of fused-ring (bicyclic) bond motifs is 1. The van der Waals surface area contributed by atoms with Crippen molar-refractivity contribution in [3.8, 4) is 0 Å². The van der Waals surface area contributed by atoms with Gasteiger partial charge in [-0.05, 0) is 31.3 Å². The van der Waals surface area contributed by atoms with Crippen molar-refractivity contribution in [1.82, 2.24) is 4.57 Å². The molecule has 0 fully saturated rings. The molecule has 0 N–H and O–H groups in total. The molecule has 0 saturated carbocycles. The Bertz CT molecular complexity index is 571. The second-order valence-corrected chi connectivity index (χ2v) is 4.88. The SMILES string of the molecule is CCOCC(=O)n1c(=S)sc2ccccc21. The average molecular weight is 253 g/mol. The highest BCUT2D eigenvalue weighted by Crippen LogP contribution is 2.22. The molecule has 1 heterocycles. The molecule has 0 radical (unpaired) electrons. The van der Waals surface area contributed by atoms with Crippen LogP contribution in [0.15, 0.2) is 24.3 Å². The van der Waals surface area contributed by atoms with E-state index in [1.165, 1.54) is 11.3 Å². The van der Waals surface area contributed by atoms with Crippen LogP contribution >= 0.6 is 23.6 Å². The molecule has 0 unspecified atom stereocenters. The highest BCUT2D eigenvalue weighted by molar-refractivity contribution is 7.73. The van der Waals surface area contributed by atoms with E-state index in [-0.39, 0.29) is 12.5 Å². The molecule has 0 aliphatic carbocycles. The summed E-state index contributed by atoms with van der Waals surface area (Å²) in [7, 11) is 0. The number of aromatic nitrogens is 1. The highest BCUT2D eigenvalue weighted by atomic mass is 32.1. The van der Waals surface area contributed by atoms with Gasteiger partial charge in [0.2, 0.25) is 0 Å². The lowest BCUT2D eigenvalue weighted by molar-refractivity contribution is 0.0703. The molecule has 0 amide bonds. The van der Waals surface area contributed by atoms with Gasteiger partial charge in [0, 0.05) is 6.61 Å². The van der Waals surface area contributed by atoms with E-state index in [1.807, 2.05) is 31.2 Å². The molecule has 2 rings (SSSR count). The third-order valence-electron chi connectivity index (χ3n) is 2.17. The Labute approximate surface area is 102 Å². The molecule has 3 nitrogen and oxygen atoms in total. The van der Waals surface area contributed by atoms with Crippen molar-refractivity contribution in [2.75, 3.05) is 13.2 Å². The van der Waals surface area contributed by atoms with Crippen LogP contribution in [-0.4, -0.2) is 23.7 Å². The first-order valence-electron chi connectivity index (χ1n) is 4.95. The zero-order valence-corrected chi connectivity index (χ0v) is 10.4. The van der Waals surface area contributed by atoms with E-state index in [2.05, 4.69) is 0 Å². The van der Waals surface area contributed by atoms with Crippen LogP contribution in [0.25, 0.3) is 10.2 Å². The number of carbonyl (C=O) groups excluding carboxylic acids is 1. The van der Waals surface area contributed by atoms with E-state index in [0.29, 0.717) is 10.6 Å². The second-order valence-electron chi connectivity index (χ2n) is 3.20. The molecule has 0 atom stereocenters. The molecular weight excluding hydrogens is 242 g/mol. The predicted octanol–water partition coefficient (Wildman–Crippen LogP) is 3.11. The first-order valence-corrected chi connectivity index (χ1v) is 6.18. The number of carbonyl (C=O) groups is 1. The summed E-state index contributed by atoms with van der Waals surface area (Å²) >= 11 is 6.63. The summed E-state index contributed by atoms with van der Waals surface area (Å²) in [6.45, 7) is 2.46. The lowest BCUT2D eigenvalue weighted by Crippen LogP contribution is -2.17. The van der Waals surface area contributed by atoms with Crippen molar-refractivity contribution >= 4 is 39.7 Å². The summed E-state index contributed by atoms with van der Waals surface area (Å²) < 4.78 is 8.26. The zero-order chi connectivity index (χ0) is 11.5. The molecule has 16 heavy (non-hydrogen) atoms. The van der Waals surface area contributed by atoms with E-state index in [9.17, 15) is 4.79 Å². The van der Waals surface area contributed by atoms with Gasteiger partial charge in [0.15, 0.2) is 3.95 Å². The molecule has 1 aromatic heterocycles. The maximum absolute atomic E-state index is 11.9. The van der Waals surface area contributed by atoms with E-state index < -0.39 is 0 Å². The Balaban J connectivity index is 2.47. The maximum Gasteiger partial charge on any atom is 0.258 e. The third-order valence-corrected chi connectivity index (χ3v) is 3.52. The summed E-state index contributed by atoms with van der Waals surface area (Å²) in [4.78, 5) is 11.9. The summed E-state index contributed by atoms with van der Waals surface area (Å²) in [6, 6.07) is 7.69. The summed E-state index contributed by atoms with van der Waals surface area (Å²) in [5.74, 6) is -0.107. The van der Waals surface area contributed by atoms with Crippen molar-refractivity contribution in [3.63, 3.8) is 0 Å². The van der Waals surface area contributed by atoms with Crippen LogP contribution in [0, 0.1) is 3.95 Å². The summed E-state index contributed by atoms with van der Waals surface area (Å²) in [6.07, 6.45) is 0. The molecule has 0 aliphatic rings. The standard InChI is InChI=1S/C11H11NO2S2/c1-2-14-7-10(13)12-8-5-3-4-6-9(8)16-11(12)15/h3-6H,2,7H2,1H3. The van der Waals surface area contributed by atoms with E-state index in [4.69, 9.17) is 17.0 Å². The van der Waals surface area contributed by atoms with E-state index in [1.54, 1.807) is 4.57 Å². The fourth-order valence-electron chi connectivity index (χ4n) is 1.46. The number of nitrogens with zero attached hydrogens (tertiary/aromatic N) is 1. The normalized spacial score (nSPS) is 10.8. The van der Waals surface area contributed by atoms with Gasteiger partial charge < -0.3 is 4.74 Å². The minimum absolute atomic E-state index is 0.0749. The quantitative estimate of drug-likeness (QED) is 0.788. The summed E-state index contributed by atoms with van der Waals surface area (Å²) in [5.41, 5.74) is 0.863. The molecule has 5 heteroatoms. The summed E-state index contributed by atoms with van der Waals surface area (Å²) in [5, 5.41) is 0. The van der Waals surface area contributed by atoms with Gasteiger partial charge in [-0.15, -0.1) is 11.3 Å². The van der Waals surface area contributed by atoms with Crippen LogP contribution in [0.1, 0.15) is 11.7 Å². The van der Waals surface area contributed by atoms with Crippen LogP contribution < -0.4 is 0 Å². The Kier molecular flexibility index (Phi) is 3.48. The number of ether oxygens (including phenoxy) is 1. The fraction of sp³-hybridized carbons (Fsp3) is 0.273. The number of hydrogen-bond donors (Lipinski definition) is 0. The first kappa shape index (κ1) is 11.4. The zero-order valence-electron chi connectivity index (χ0n) is 8.80. The van der Waals surface area contributed by atoms with Gasteiger partial charge in [0.05, 0.1) is 10.2 Å². The van der Waals surface area contributed by atoms with Crippen molar-refractivity contribution in [2.24, 2.45) is 0 Å². The number of rotatable bonds is 3. The van der Waals surface area contributed by atoms with Gasteiger partial charge in [-0.3, -0.25) is 9.36 Å². The third kappa shape index (κ3) is 2.07. The van der Waals surface area contributed by atoms with Gasteiger partial charge in [0.25, 0.3) is 5.91 Å². The number of thiazole rings is 1. The van der Waals surface area contributed by atoms with Gasteiger partial charge in [-0.1, -0.05) is 12.1 Å². The fourth-order valence-corrected chi connectivity index (χ4v) is 2.82. The number of para-hydroxylation sites is 1. The molecule has 2 aromatic rings. The van der Waals surface area contributed by atoms with Crippen molar-refractivity contribution < 1.29 is 9.53 Å². The lowest BCUT2D eigenvalue weighted by Gasteiger charge is -2.03. The number of benzene rings is 1. The van der Waals surface area contributed by atoms with Gasteiger partial charge in [-0.25, -0.2) is 0 Å². The van der Waals surface area contributed by atoms with E-state index >= 15 is 0 Å². The second kappa shape index (κ2) is 4.86. The smallest absolute Gasteiger partial charge is 0.258 e. The van der Waals surface area contributed by atoms with Crippen LogP contribution in [0.4, 0.5) is 0 Å². The molecular formula is C11H11NO2S2. The minimum Gasteiger partial charge on any atom is -0.372 e. The van der Waals surface area contributed by atoms with Crippen LogP contribution in [0.3, 0.4) is 0 Å². The molecule has 1 aromatic carbocycles. The Morgan fingerprint density at radius 1 is 1.50 bits per heavy atom. The van der Waals surface area contributed by atoms with Crippen LogP contribution in [0.5, 0.6) is 0 Å². The van der Waals surface area contributed by atoms with Crippen molar-refractivity contribution in [2.45, 2.75) is 6.92 Å². The van der Waals surface area contributed by atoms with Gasteiger partial charge >= 0.3 is 0 Å². The van der Waals surface area contributed by atoms with Crippen LogP contribution in [-0.2, 0) is 4.74 Å².